The normalized spacial score (nSPS) is 21.3. The minimum absolute atomic E-state index is 0.185. The second-order valence-corrected chi connectivity index (χ2v) is 6.50. The van der Waals surface area contributed by atoms with Crippen molar-refractivity contribution in [1.29, 1.82) is 0 Å². The van der Waals surface area contributed by atoms with E-state index in [0.717, 1.165) is 0 Å². The van der Waals surface area contributed by atoms with E-state index in [-0.39, 0.29) is 17.9 Å². The Morgan fingerprint density at radius 3 is 2.71 bits per heavy atom. The van der Waals surface area contributed by atoms with E-state index in [2.05, 4.69) is 5.32 Å². The first kappa shape index (κ1) is 18.5. The van der Waals surface area contributed by atoms with Crippen molar-refractivity contribution in [3.63, 3.8) is 0 Å². The zero-order valence-electron chi connectivity index (χ0n) is 13.8. The topological polar surface area (TPSA) is 84.9 Å². The number of rotatable bonds is 7. The van der Waals surface area contributed by atoms with E-state index in [9.17, 15) is 9.59 Å². The van der Waals surface area contributed by atoms with Crippen molar-refractivity contribution in [2.75, 3.05) is 19.0 Å². The number of carbonyl (C=O) groups excluding carboxylic acids is 1. The summed E-state index contributed by atoms with van der Waals surface area (Å²) in [6.45, 7) is 2.27. The average Bonchev–Trinajstić information content (AvgIpc) is 3.00. The zero-order chi connectivity index (χ0) is 17.7. The van der Waals surface area contributed by atoms with E-state index in [0.29, 0.717) is 42.3 Å². The summed E-state index contributed by atoms with van der Waals surface area (Å²) in [4.78, 5) is 23.5. The number of methoxy groups -OCH3 is 1. The lowest BCUT2D eigenvalue weighted by molar-refractivity contribution is -0.141. The van der Waals surface area contributed by atoms with Gasteiger partial charge >= 0.3 is 5.97 Å². The third-order valence-corrected chi connectivity index (χ3v) is 4.32. The van der Waals surface area contributed by atoms with Gasteiger partial charge < -0.3 is 19.9 Å². The lowest BCUT2D eigenvalue weighted by atomic mass is 10.0. The molecule has 1 saturated carbocycles. The summed E-state index contributed by atoms with van der Waals surface area (Å²) in [7, 11) is 1.59. The third-order valence-electron chi connectivity index (χ3n) is 4.08. The number of nitrogens with one attached hydrogen (secondary N) is 1. The molecule has 0 spiro atoms. The Labute approximate surface area is 146 Å². The number of carboxylic acids is 1. The highest BCUT2D eigenvalue weighted by atomic mass is 35.5. The molecule has 132 valence electrons. The highest BCUT2D eigenvalue weighted by Crippen LogP contribution is 2.34. The molecule has 0 saturated heterocycles. The predicted octanol–water partition coefficient (Wildman–Crippen LogP) is 3.19. The van der Waals surface area contributed by atoms with Crippen molar-refractivity contribution in [3.8, 4) is 5.75 Å². The summed E-state index contributed by atoms with van der Waals surface area (Å²) in [6.07, 6.45) is 1.27. The molecule has 6 nitrogen and oxygen atoms in total. The van der Waals surface area contributed by atoms with Crippen LogP contribution in [0.15, 0.2) is 18.2 Å². The molecule has 0 aromatic heterocycles. The van der Waals surface area contributed by atoms with Crippen molar-refractivity contribution in [3.05, 3.63) is 23.2 Å². The van der Waals surface area contributed by atoms with E-state index in [4.69, 9.17) is 26.2 Å². The SMILES string of the molecule is COCC(C)Oc1ccc(Cl)cc1NC(=O)[C@@H]1CC[C@H](C(=O)O)C1. The van der Waals surface area contributed by atoms with Crippen LogP contribution in [0.5, 0.6) is 5.75 Å². The van der Waals surface area contributed by atoms with Gasteiger partial charge in [0.1, 0.15) is 11.9 Å². The molecule has 3 atom stereocenters. The second-order valence-electron chi connectivity index (χ2n) is 6.06. The van der Waals surface area contributed by atoms with Crippen molar-refractivity contribution in [2.24, 2.45) is 11.8 Å². The number of hydrogen-bond acceptors (Lipinski definition) is 4. The second kappa shape index (κ2) is 8.35. The first-order valence-corrected chi connectivity index (χ1v) is 8.27. The van der Waals surface area contributed by atoms with E-state index >= 15 is 0 Å². The number of amides is 1. The number of anilines is 1. The highest BCUT2D eigenvalue weighted by molar-refractivity contribution is 6.31. The maximum absolute atomic E-state index is 12.4. The van der Waals surface area contributed by atoms with E-state index in [1.54, 1.807) is 25.3 Å². The monoisotopic (exact) mass is 355 g/mol. The van der Waals surface area contributed by atoms with Crippen LogP contribution in [0.3, 0.4) is 0 Å². The molecule has 0 heterocycles. The molecule has 1 aromatic carbocycles. The molecule has 0 radical (unpaired) electrons. The smallest absolute Gasteiger partial charge is 0.306 e. The summed E-state index contributed by atoms with van der Waals surface area (Å²) in [5.41, 5.74) is 0.481. The fourth-order valence-electron chi connectivity index (χ4n) is 2.87. The molecular formula is C17H22ClNO5. The number of ether oxygens (including phenoxy) is 2. The van der Waals surface area contributed by atoms with E-state index in [1.165, 1.54) is 0 Å². The quantitative estimate of drug-likeness (QED) is 0.784. The van der Waals surface area contributed by atoms with Gasteiger partial charge in [0.05, 0.1) is 18.2 Å². The van der Waals surface area contributed by atoms with Crippen LogP contribution in [0.4, 0.5) is 5.69 Å². The van der Waals surface area contributed by atoms with Crippen molar-refractivity contribution < 1.29 is 24.2 Å². The van der Waals surface area contributed by atoms with Crippen LogP contribution < -0.4 is 10.1 Å². The number of halogens is 1. The number of benzene rings is 1. The van der Waals surface area contributed by atoms with Gasteiger partial charge in [-0.25, -0.2) is 0 Å². The minimum atomic E-state index is -0.842. The van der Waals surface area contributed by atoms with Gasteiger partial charge in [-0.2, -0.15) is 0 Å². The molecule has 1 aliphatic carbocycles. The van der Waals surface area contributed by atoms with Crippen LogP contribution >= 0.6 is 11.6 Å². The molecule has 0 aliphatic heterocycles. The molecule has 2 N–H and O–H groups in total. The summed E-state index contributed by atoms with van der Waals surface area (Å²) in [5.74, 6) is -1.30. The Balaban J connectivity index is 2.06. The third kappa shape index (κ3) is 4.85. The van der Waals surface area contributed by atoms with Gasteiger partial charge in [-0.1, -0.05) is 11.6 Å². The summed E-state index contributed by atoms with van der Waals surface area (Å²) in [6, 6.07) is 5.00. The van der Waals surface area contributed by atoms with Gasteiger partial charge in [0.2, 0.25) is 5.91 Å². The van der Waals surface area contributed by atoms with Gasteiger partial charge in [0.25, 0.3) is 0 Å². The van der Waals surface area contributed by atoms with Gasteiger partial charge in [0, 0.05) is 18.1 Å². The Morgan fingerprint density at radius 1 is 1.38 bits per heavy atom. The van der Waals surface area contributed by atoms with Crippen LogP contribution in [0, 0.1) is 11.8 Å². The van der Waals surface area contributed by atoms with Gasteiger partial charge in [0.15, 0.2) is 0 Å². The molecule has 2 rings (SSSR count). The molecule has 24 heavy (non-hydrogen) atoms. The lowest BCUT2D eigenvalue weighted by Gasteiger charge is -2.18. The Hall–Kier alpha value is -1.79. The van der Waals surface area contributed by atoms with Crippen molar-refractivity contribution in [1.82, 2.24) is 0 Å². The summed E-state index contributed by atoms with van der Waals surface area (Å²) < 4.78 is 10.8. The average molecular weight is 356 g/mol. The highest BCUT2D eigenvalue weighted by Gasteiger charge is 2.34. The van der Waals surface area contributed by atoms with Crippen LogP contribution in [0.25, 0.3) is 0 Å². The van der Waals surface area contributed by atoms with Gasteiger partial charge in [-0.3, -0.25) is 9.59 Å². The first-order valence-electron chi connectivity index (χ1n) is 7.89. The predicted molar refractivity (Wildman–Crippen MR) is 90.5 cm³/mol. The lowest BCUT2D eigenvalue weighted by Crippen LogP contribution is -2.23. The molecule has 1 aliphatic rings. The fraction of sp³-hybridized carbons (Fsp3) is 0.529. The minimum Gasteiger partial charge on any atom is -0.486 e. The standard InChI is InChI=1S/C17H22ClNO5/c1-10(9-23-2)24-15-6-5-13(18)8-14(15)19-16(20)11-3-4-12(7-11)17(21)22/h5-6,8,10-12H,3-4,7,9H2,1-2H3,(H,19,20)(H,21,22)/t10?,11-,12+/m1/s1. The maximum Gasteiger partial charge on any atom is 0.306 e. The molecule has 1 unspecified atom stereocenters. The number of hydrogen-bond donors (Lipinski definition) is 2. The van der Waals surface area contributed by atoms with Crippen LogP contribution in [-0.2, 0) is 14.3 Å². The summed E-state index contributed by atoms with van der Waals surface area (Å²) >= 11 is 6.01. The van der Waals surface area contributed by atoms with Gasteiger partial charge in [-0.05, 0) is 44.4 Å². The van der Waals surface area contributed by atoms with Crippen molar-refractivity contribution in [2.45, 2.75) is 32.3 Å². The van der Waals surface area contributed by atoms with Crippen LogP contribution in [0.1, 0.15) is 26.2 Å². The Bertz CT molecular complexity index is 607. The molecule has 1 amide bonds. The molecule has 1 aromatic rings. The number of carbonyl (C=O) groups is 2. The largest absolute Gasteiger partial charge is 0.486 e. The van der Waals surface area contributed by atoms with E-state index in [1.807, 2.05) is 6.92 Å². The van der Waals surface area contributed by atoms with Crippen LogP contribution in [0.2, 0.25) is 5.02 Å². The summed E-state index contributed by atoms with van der Waals surface area (Å²) in [5, 5.41) is 12.3. The maximum atomic E-state index is 12.4. The molecular weight excluding hydrogens is 334 g/mol. The van der Waals surface area contributed by atoms with Crippen LogP contribution in [-0.4, -0.2) is 36.8 Å². The number of carboxylic acid groups (broad SMARTS) is 1. The first-order chi connectivity index (χ1) is 11.4. The molecule has 1 fully saturated rings. The molecule has 0 bridgehead atoms. The van der Waals surface area contributed by atoms with Gasteiger partial charge in [-0.15, -0.1) is 0 Å². The Kier molecular flexibility index (Phi) is 6.45. The fourth-order valence-corrected chi connectivity index (χ4v) is 3.04. The van der Waals surface area contributed by atoms with Crippen molar-refractivity contribution >= 4 is 29.2 Å². The van der Waals surface area contributed by atoms with E-state index < -0.39 is 11.9 Å². The molecule has 7 heteroatoms. The number of aliphatic carboxylic acids is 1. The Morgan fingerprint density at radius 2 is 2.08 bits per heavy atom. The zero-order valence-corrected chi connectivity index (χ0v) is 14.5.